The second kappa shape index (κ2) is 7.01. The van der Waals surface area contributed by atoms with Gasteiger partial charge in [0, 0.05) is 20.0 Å². The summed E-state index contributed by atoms with van der Waals surface area (Å²) < 4.78 is 1.84. The number of aryl methyl sites for hydroxylation is 1. The SMILES string of the molecule is CCCC[C@H](N)C(=O)NCCc1nncn1C. The number of hydrogen-bond donors (Lipinski definition) is 2. The Labute approximate surface area is 102 Å². The van der Waals surface area contributed by atoms with Crippen LogP contribution < -0.4 is 11.1 Å². The topological polar surface area (TPSA) is 85.8 Å². The third-order valence-electron chi connectivity index (χ3n) is 2.66. The highest BCUT2D eigenvalue weighted by atomic mass is 16.2. The summed E-state index contributed by atoms with van der Waals surface area (Å²) in [4.78, 5) is 11.6. The highest BCUT2D eigenvalue weighted by Crippen LogP contribution is 1.98. The average Bonchev–Trinajstić information content (AvgIpc) is 2.72. The van der Waals surface area contributed by atoms with Gasteiger partial charge in [-0.2, -0.15) is 0 Å². The number of hydrogen-bond acceptors (Lipinski definition) is 4. The molecular weight excluding hydrogens is 218 g/mol. The third-order valence-corrected chi connectivity index (χ3v) is 2.66. The monoisotopic (exact) mass is 239 g/mol. The minimum absolute atomic E-state index is 0.0828. The Balaban J connectivity index is 2.22. The summed E-state index contributed by atoms with van der Waals surface area (Å²) in [6, 6.07) is -0.394. The molecule has 0 aromatic carbocycles. The number of aromatic nitrogens is 3. The van der Waals surface area contributed by atoms with Crippen LogP contribution in [0.4, 0.5) is 0 Å². The van der Waals surface area contributed by atoms with Crippen molar-refractivity contribution in [3.05, 3.63) is 12.2 Å². The predicted molar refractivity (Wildman–Crippen MR) is 65.2 cm³/mol. The normalized spacial score (nSPS) is 12.4. The van der Waals surface area contributed by atoms with Gasteiger partial charge in [-0.1, -0.05) is 19.8 Å². The van der Waals surface area contributed by atoms with Crippen molar-refractivity contribution in [1.82, 2.24) is 20.1 Å². The first-order chi connectivity index (χ1) is 8.15. The van der Waals surface area contributed by atoms with Crippen LogP contribution >= 0.6 is 0 Å². The van der Waals surface area contributed by atoms with Gasteiger partial charge < -0.3 is 15.6 Å². The van der Waals surface area contributed by atoms with Gasteiger partial charge in [0.15, 0.2) is 0 Å². The predicted octanol–water partition coefficient (Wildman–Crippen LogP) is -0.00870. The van der Waals surface area contributed by atoms with Crippen molar-refractivity contribution >= 4 is 5.91 Å². The van der Waals surface area contributed by atoms with Gasteiger partial charge in [-0.25, -0.2) is 0 Å². The molecule has 1 atom stereocenters. The molecule has 0 aliphatic carbocycles. The van der Waals surface area contributed by atoms with Gasteiger partial charge in [-0.3, -0.25) is 4.79 Å². The molecular formula is C11H21N5O. The summed E-state index contributed by atoms with van der Waals surface area (Å²) in [7, 11) is 1.88. The molecule has 1 rings (SSSR count). The number of nitrogens with two attached hydrogens (primary N) is 1. The van der Waals surface area contributed by atoms with Crippen LogP contribution in [-0.4, -0.2) is 33.3 Å². The van der Waals surface area contributed by atoms with E-state index >= 15 is 0 Å². The molecule has 3 N–H and O–H groups in total. The fourth-order valence-electron chi connectivity index (χ4n) is 1.52. The molecule has 6 nitrogen and oxygen atoms in total. The quantitative estimate of drug-likeness (QED) is 0.701. The third kappa shape index (κ3) is 4.52. The van der Waals surface area contributed by atoms with Crippen molar-refractivity contribution in [2.45, 2.75) is 38.6 Å². The van der Waals surface area contributed by atoms with Crippen LogP contribution in [0.25, 0.3) is 0 Å². The molecule has 1 aromatic rings. The van der Waals surface area contributed by atoms with E-state index in [1.54, 1.807) is 6.33 Å². The van der Waals surface area contributed by atoms with Crippen molar-refractivity contribution in [3.63, 3.8) is 0 Å². The summed E-state index contributed by atoms with van der Waals surface area (Å²) >= 11 is 0. The largest absolute Gasteiger partial charge is 0.354 e. The van der Waals surface area contributed by atoms with Gasteiger partial charge in [0.05, 0.1) is 6.04 Å². The molecule has 1 aromatic heterocycles. The van der Waals surface area contributed by atoms with Crippen LogP contribution in [0.5, 0.6) is 0 Å². The summed E-state index contributed by atoms with van der Waals surface area (Å²) in [6.45, 7) is 2.63. The fourth-order valence-corrected chi connectivity index (χ4v) is 1.52. The second-order valence-corrected chi connectivity index (χ2v) is 4.15. The number of carbonyl (C=O) groups is 1. The number of rotatable bonds is 7. The Bertz CT molecular complexity index is 349. The molecule has 0 radical (unpaired) electrons. The lowest BCUT2D eigenvalue weighted by Crippen LogP contribution is -2.41. The molecule has 0 saturated carbocycles. The fraction of sp³-hybridized carbons (Fsp3) is 0.727. The highest BCUT2D eigenvalue weighted by Gasteiger charge is 2.12. The molecule has 0 unspecified atom stereocenters. The summed E-state index contributed by atoms with van der Waals surface area (Å²) in [6.07, 6.45) is 5.09. The van der Waals surface area contributed by atoms with E-state index in [4.69, 9.17) is 5.73 Å². The molecule has 0 fully saturated rings. The van der Waals surface area contributed by atoms with Crippen LogP contribution in [0.2, 0.25) is 0 Å². The number of unbranched alkanes of at least 4 members (excludes halogenated alkanes) is 1. The standard InChI is InChI=1S/C11H21N5O/c1-3-4-5-9(12)11(17)13-7-6-10-15-14-8-16(10)2/h8-9H,3-7,12H2,1-2H3,(H,13,17)/t9-/m0/s1. The molecule has 0 bridgehead atoms. The Morgan fingerprint density at radius 2 is 2.41 bits per heavy atom. The van der Waals surface area contributed by atoms with Crippen LogP contribution in [0.15, 0.2) is 6.33 Å². The minimum atomic E-state index is -0.394. The summed E-state index contributed by atoms with van der Waals surface area (Å²) in [5.41, 5.74) is 5.75. The lowest BCUT2D eigenvalue weighted by Gasteiger charge is -2.11. The van der Waals surface area contributed by atoms with Gasteiger partial charge in [-0.15, -0.1) is 10.2 Å². The lowest BCUT2D eigenvalue weighted by atomic mass is 10.1. The molecule has 6 heteroatoms. The molecule has 0 aliphatic heterocycles. The van der Waals surface area contributed by atoms with E-state index in [2.05, 4.69) is 22.4 Å². The van der Waals surface area contributed by atoms with E-state index in [1.165, 1.54) is 0 Å². The van der Waals surface area contributed by atoms with Crippen molar-refractivity contribution in [3.8, 4) is 0 Å². The van der Waals surface area contributed by atoms with Crippen LogP contribution in [0, 0.1) is 0 Å². The zero-order valence-corrected chi connectivity index (χ0v) is 10.5. The van der Waals surface area contributed by atoms with Gasteiger partial charge in [0.2, 0.25) is 5.91 Å². The zero-order chi connectivity index (χ0) is 12.7. The Kier molecular flexibility index (Phi) is 5.62. The van der Waals surface area contributed by atoms with Gasteiger partial charge in [0.25, 0.3) is 0 Å². The smallest absolute Gasteiger partial charge is 0.236 e. The number of nitrogens with zero attached hydrogens (tertiary/aromatic N) is 3. The first-order valence-electron chi connectivity index (χ1n) is 6.01. The maximum absolute atomic E-state index is 11.6. The van der Waals surface area contributed by atoms with E-state index in [1.807, 2.05) is 11.6 Å². The minimum Gasteiger partial charge on any atom is -0.354 e. The molecule has 1 heterocycles. The van der Waals surface area contributed by atoms with E-state index < -0.39 is 6.04 Å². The molecule has 1 amide bonds. The van der Waals surface area contributed by atoms with E-state index in [-0.39, 0.29) is 5.91 Å². The van der Waals surface area contributed by atoms with Crippen LogP contribution in [-0.2, 0) is 18.3 Å². The van der Waals surface area contributed by atoms with E-state index in [9.17, 15) is 4.79 Å². The molecule has 96 valence electrons. The second-order valence-electron chi connectivity index (χ2n) is 4.15. The molecule has 0 saturated heterocycles. The first kappa shape index (κ1) is 13.6. The maximum Gasteiger partial charge on any atom is 0.236 e. The van der Waals surface area contributed by atoms with Crippen molar-refractivity contribution in [1.29, 1.82) is 0 Å². The van der Waals surface area contributed by atoms with E-state index in [0.717, 1.165) is 25.1 Å². The Hall–Kier alpha value is -1.43. The lowest BCUT2D eigenvalue weighted by molar-refractivity contribution is -0.122. The first-order valence-corrected chi connectivity index (χ1v) is 6.01. The maximum atomic E-state index is 11.6. The van der Waals surface area contributed by atoms with E-state index in [0.29, 0.717) is 13.0 Å². The van der Waals surface area contributed by atoms with Crippen molar-refractivity contribution < 1.29 is 4.79 Å². The van der Waals surface area contributed by atoms with Gasteiger partial charge in [-0.05, 0) is 6.42 Å². The number of nitrogens with one attached hydrogen (secondary N) is 1. The van der Waals surface area contributed by atoms with Crippen LogP contribution in [0.3, 0.4) is 0 Å². The van der Waals surface area contributed by atoms with Crippen molar-refractivity contribution in [2.75, 3.05) is 6.54 Å². The summed E-state index contributed by atoms with van der Waals surface area (Å²) in [5.74, 6) is 0.771. The zero-order valence-electron chi connectivity index (χ0n) is 10.5. The molecule has 0 aliphatic rings. The molecule has 17 heavy (non-hydrogen) atoms. The number of amides is 1. The van der Waals surface area contributed by atoms with Crippen LogP contribution in [0.1, 0.15) is 32.0 Å². The van der Waals surface area contributed by atoms with Gasteiger partial charge in [0.1, 0.15) is 12.2 Å². The number of carbonyl (C=O) groups excluding carboxylic acids is 1. The molecule has 0 spiro atoms. The van der Waals surface area contributed by atoms with Crippen molar-refractivity contribution in [2.24, 2.45) is 12.8 Å². The van der Waals surface area contributed by atoms with Gasteiger partial charge >= 0.3 is 0 Å². The highest BCUT2D eigenvalue weighted by molar-refractivity contribution is 5.81. The Morgan fingerprint density at radius 3 is 3.00 bits per heavy atom. The summed E-state index contributed by atoms with van der Waals surface area (Å²) in [5, 5.41) is 10.5. The average molecular weight is 239 g/mol. The Morgan fingerprint density at radius 1 is 1.65 bits per heavy atom.